The van der Waals surface area contributed by atoms with Crippen molar-refractivity contribution in [2.24, 2.45) is 0 Å². The van der Waals surface area contributed by atoms with Crippen LogP contribution in [0.2, 0.25) is 0 Å². The minimum Gasteiger partial charge on any atom is -0.339 e. The third-order valence-electron chi connectivity index (χ3n) is 5.42. The zero-order valence-electron chi connectivity index (χ0n) is 16.9. The number of hydrogen-bond donors (Lipinski definition) is 0. The minimum absolute atomic E-state index is 0.0207. The van der Waals surface area contributed by atoms with Gasteiger partial charge in [0.15, 0.2) is 0 Å². The predicted molar refractivity (Wildman–Crippen MR) is 112 cm³/mol. The molecule has 9 heteroatoms. The van der Waals surface area contributed by atoms with Crippen LogP contribution >= 0.6 is 11.3 Å². The number of rotatable bonds is 6. The van der Waals surface area contributed by atoms with E-state index in [1.165, 1.54) is 17.0 Å². The van der Waals surface area contributed by atoms with E-state index in [0.29, 0.717) is 25.3 Å². The molecule has 1 amide bonds. The van der Waals surface area contributed by atoms with Gasteiger partial charge in [-0.2, -0.15) is 0 Å². The highest BCUT2D eigenvalue weighted by Crippen LogP contribution is 2.20. The predicted octanol–water partition coefficient (Wildman–Crippen LogP) is 2.70. The normalized spacial score (nSPS) is 16.4. The van der Waals surface area contributed by atoms with Gasteiger partial charge in [0.1, 0.15) is 17.7 Å². The van der Waals surface area contributed by atoms with Gasteiger partial charge in [-0.1, -0.05) is 18.2 Å². The average Bonchev–Trinajstić information content (AvgIpc) is 3.33. The second-order valence-electron chi connectivity index (χ2n) is 7.55. The Hall–Kier alpha value is -2.65. The maximum absolute atomic E-state index is 13.7. The van der Waals surface area contributed by atoms with E-state index in [1.54, 1.807) is 29.0 Å². The van der Waals surface area contributed by atoms with Crippen LogP contribution in [-0.2, 0) is 17.8 Å². The number of tetrazole rings is 1. The Balaban J connectivity index is 1.49. The number of thiophene rings is 1. The summed E-state index contributed by atoms with van der Waals surface area (Å²) in [6, 6.07) is 9.98. The lowest BCUT2D eigenvalue weighted by atomic mass is 10.0. The van der Waals surface area contributed by atoms with Gasteiger partial charge in [-0.15, -0.1) is 16.4 Å². The van der Waals surface area contributed by atoms with Gasteiger partial charge in [-0.25, -0.2) is 9.07 Å². The van der Waals surface area contributed by atoms with Crippen LogP contribution in [-0.4, -0.2) is 62.1 Å². The fourth-order valence-corrected chi connectivity index (χ4v) is 4.62. The van der Waals surface area contributed by atoms with Gasteiger partial charge >= 0.3 is 0 Å². The van der Waals surface area contributed by atoms with E-state index in [-0.39, 0.29) is 11.7 Å². The molecular formula is C21H25FN6OS. The number of benzene rings is 1. The van der Waals surface area contributed by atoms with Crippen molar-refractivity contribution >= 4 is 17.2 Å². The second-order valence-corrected chi connectivity index (χ2v) is 8.59. The average molecular weight is 429 g/mol. The molecule has 3 heterocycles. The summed E-state index contributed by atoms with van der Waals surface area (Å²) in [5, 5.41) is 13.8. The summed E-state index contributed by atoms with van der Waals surface area (Å²) in [5.74, 6) is 0.234. The highest BCUT2D eigenvalue weighted by atomic mass is 32.1. The van der Waals surface area contributed by atoms with Crippen LogP contribution in [0.5, 0.6) is 0 Å². The molecule has 0 bridgehead atoms. The monoisotopic (exact) mass is 428 g/mol. The van der Waals surface area contributed by atoms with E-state index in [1.807, 2.05) is 11.0 Å². The van der Waals surface area contributed by atoms with Crippen molar-refractivity contribution in [2.45, 2.75) is 32.4 Å². The van der Waals surface area contributed by atoms with Crippen LogP contribution in [0.4, 0.5) is 4.39 Å². The third-order valence-corrected chi connectivity index (χ3v) is 6.28. The highest BCUT2D eigenvalue weighted by molar-refractivity contribution is 7.09. The SMILES string of the molecule is Cc1nnnn1[C@@H](Cc1cccc(F)c1)C(=O)N1CCCN(Cc2cccs2)CC1. The molecule has 0 aliphatic carbocycles. The smallest absolute Gasteiger partial charge is 0.247 e. The maximum atomic E-state index is 13.7. The fourth-order valence-electron chi connectivity index (χ4n) is 3.87. The van der Waals surface area contributed by atoms with Crippen molar-refractivity contribution in [1.29, 1.82) is 0 Å². The lowest BCUT2D eigenvalue weighted by Crippen LogP contribution is -2.41. The number of nitrogens with zero attached hydrogens (tertiary/aromatic N) is 6. The summed E-state index contributed by atoms with van der Waals surface area (Å²) >= 11 is 1.76. The van der Waals surface area contributed by atoms with Gasteiger partial charge in [0, 0.05) is 44.0 Å². The summed E-state index contributed by atoms with van der Waals surface area (Å²) in [6.45, 7) is 5.83. The molecule has 0 spiro atoms. The van der Waals surface area contributed by atoms with Crippen molar-refractivity contribution in [3.05, 3.63) is 63.9 Å². The van der Waals surface area contributed by atoms with E-state index in [4.69, 9.17) is 0 Å². The first-order valence-corrected chi connectivity index (χ1v) is 11.0. The summed E-state index contributed by atoms with van der Waals surface area (Å²) in [6.07, 6.45) is 1.26. The quantitative estimate of drug-likeness (QED) is 0.604. The molecule has 1 saturated heterocycles. The molecule has 30 heavy (non-hydrogen) atoms. The van der Waals surface area contributed by atoms with Crippen molar-refractivity contribution in [3.63, 3.8) is 0 Å². The molecule has 1 atom stereocenters. The van der Waals surface area contributed by atoms with E-state index < -0.39 is 6.04 Å². The van der Waals surface area contributed by atoms with Gasteiger partial charge in [-0.05, 0) is 52.9 Å². The number of halogens is 1. The Morgan fingerprint density at radius 3 is 2.83 bits per heavy atom. The molecule has 7 nitrogen and oxygen atoms in total. The number of carbonyl (C=O) groups excluding carboxylic acids is 1. The molecule has 4 rings (SSSR count). The lowest BCUT2D eigenvalue weighted by molar-refractivity contribution is -0.135. The molecule has 1 aromatic carbocycles. The number of hydrogen-bond acceptors (Lipinski definition) is 6. The topological polar surface area (TPSA) is 67.2 Å². The molecule has 0 N–H and O–H groups in total. The highest BCUT2D eigenvalue weighted by Gasteiger charge is 2.30. The summed E-state index contributed by atoms with van der Waals surface area (Å²) in [7, 11) is 0. The van der Waals surface area contributed by atoms with E-state index in [0.717, 1.165) is 31.6 Å². The van der Waals surface area contributed by atoms with E-state index >= 15 is 0 Å². The van der Waals surface area contributed by atoms with E-state index in [9.17, 15) is 9.18 Å². The molecule has 1 fully saturated rings. The number of aromatic nitrogens is 4. The Labute approximate surface area is 179 Å². The Kier molecular flexibility index (Phi) is 6.49. The summed E-state index contributed by atoms with van der Waals surface area (Å²) in [4.78, 5) is 19.1. The molecule has 0 unspecified atom stereocenters. The van der Waals surface area contributed by atoms with Crippen molar-refractivity contribution in [1.82, 2.24) is 30.0 Å². The molecule has 2 aromatic heterocycles. The zero-order chi connectivity index (χ0) is 20.9. The van der Waals surface area contributed by atoms with Crippen molar-refractivity contribution in [2.75, 3.05) is 26.2 Å². The van der Waals surface area contributed by atoms with Gasteiger partial charge < -0.3 is 4.90 Å². The van der Waals surface area contributed by atoms with Crippen LogP contribution < -0.4 is 0 Å². The van der Waals surface area contributed by atoms with Crippen molar-refractivity contribution in [3.8, 4) is 0 Å². The van der Waals surface area contributed by atoms with Crippen LogP contribution in [0.15, 0.2) is 41.8 Å². The standard InChI is InChI=1S/C21H25FN6OS/c1-16-23-24-25-28(16)20(14-17-5-2-6-18(22)13-17)21(29)27-9-4-8-26(10-11-27)15-19-7-3-12-30-19/h2-3,5-7,12-13,20H,4,8-11,14-15H2,1H3/t20-/m0/s1. The van der Waals surface area contributed by atoms with E-state index in [2.05, 4.69) is 37.9 Å². The van der Waals surface area contributed by atoms with Crippen LogP contribution in [0.1, 0.15) is 28.7 Å². The molecular weight excluding hydrogens is 403 g/mol. The Bertz CT molecular complexity index is 976. The molecule has 3 aromatic rings. The van der Waals surface area contributed by atoms with Gasteiger partial charge in [-0.3, -0.25) is 9.69 Å². The lowest BCUT2D eigenvalue weighted by Gasteiger charge is -2.26. The van der Waals surface area contributed by atoms with Gasteiger partial charge in [0.05, 0.1) is 0 Å². The first kappa shape index (κ1) is 20.6. The fraction of sp³-hybridized carbons (Fsp3) is 0.429. The number of amides is 1. The number of aryl methyl sites for hydroxylation is 1. The van der Waals surface area contributed by atoms with Gasteiger partial charge in [0.25, 0.3) is 0 Å². The van der Waals surface area contributed by atoms with Gasteiger partial charge in [0.2, 0.25) is 5.91 Å². The Morgan fingerprint density at radius 2 is 2.10 bits per heavy atom. The Morgan fingerprint density at radius 1 is 1.20 bits per heavy atom. The molecule has 1 aliphatic heterocycles. The third kappa shape index (κ3) is 4.91. The van der Waals surface area contributed by atoms with Crippen LogP contribution in [0.25, 0.3) is 0 Å². The largest absolute Gasteiger partial charge is 0.339 e. The number of carbonyl (C=O) groups is 1. The van der Waals surface area contributed by atoms with Crippen LogP contribution in [0.3, 0.4) is 0 Å². The second kappa shape index (κ2) is 9.44. The first-order valence-electron chi connectivity index (χ1n) is 10.1. The minimum atomic E-state index is -0.592. The summed E-state index contributed by atoms with van der Waals surface area (Å²) in [5.41, 5.74) is 0.748. The van der Waals surface area contributed by atoms with Crippen molar-refractivity contribution < 1.29 is 9.18 Å². The zero-order valence-corrected chi connectivity index (χ0v) is 17.8. The molecule has 1 aliphatic rings. The first-order chi connectivity index (χ1) is 14.6. The maximum Gasteiger partial charge on any atom is 0.247 e. The molecule has 0 radical (unpaired) electrons. The molecule has 158 valence electrons. The molecule has 0 saturated carbocycles. The summed E-state index contributed by atoms with van der Waals surface area (Å²) < 4.78 is 15.3. The van der Waals surface area contributed by atoms with Crippen LogP contribution in [0, 0.1) is 12.7 Å².